The van der Waals surface area contributed by atoms with Crippen LogP contribution in [-0.4, -0.2) is 22.9 Å². The molecule has 0 radical (unpaired) electrons. The van der Waals surface area contributed by atoms with Gasteiger partial charge in [0.1, 0.15) is 0 Å². The van der Waals surface area contributed by atoms with Gasteiger partial charge in [0.25, 0.3) is 0 Å². The van der Waals surface area contributed by atoms with Crippen LogP contribution < -0.4 is 11.1 Å². The lowest BCUT2D eigenvalue weighted by molar-refractivity contribution is -0.140. The summed E-state index contributed by atoms with van der Waals surface area (Å²) < 4.78 is 0. The largest absolute Gasteiger partial charge is 0.481 e. The second kappa shape index (κ2) is 5.09. The van der Waals surface area contributed by atoms with Crippen LogP contribution in [0.5, 0.6) is 0 Å². The molecule has 1 aromatic rings. The summed E-state index contributed by atoms with van der Waals surface area (Å²) in [5.41, 5.74) is 6.28. The van der Waals surface area contributed by atoms with Gasteiger partial charge in [0.2, 0.25) is 11.8 Å². The number of aliphatic carboxylic acids is 1. The number of nitrogens with one attached hydrogen (secondary N) is 1. The van der Waals surface area contributed by atoms with Gasteiger partial charge in [0.05, 0.1) is 11.8 Å². The molecule has 4 N–H and O–H groups in total. The first-order valence-electron chi connectivity index (χ1n) is 5.88. The molecule has 2 amide bonds. The van der Waals surface area contributed by atoms with Gasteiger partial charge in [-0.05, 0) is 24.1 Å². The Morgan fingerprint density at radius 2 is 2.05 bits per heavy atom. The van der Waals surface area contributed by atoms with Crippen molar-refractivity contribution in [3.63, 3.8) is 0 Å². The maximum Gasteiger partial charge on any atom is 0.307 e. The van der Waals surface area contributed by atoms with Gasteiger partial charge in [-0.15, -0.1) is 0 Å². The number of rotatable bonds is 5. The van der Waals surface area contributed by atoms with Crippen LogP contribution in [0.3, 0.4) is 0 Å². The fraction of sp³-hybridized carbons (Fsp3) is 0.308. The second-order valence-corrected chi connectivity index (χ2v) is 4.57. The molecule has 2 rings (SSSR count). The number of carboxylic acid groups (broad SMARTS) is 1. The van der Waals surface area contributed by atoms with E-state index in [1.165, 1.54) is 0 Å². The average Bonchev–Trinajstić information content (AvgIpc) is 3.16. The number of hydrogen-bond acceptors (Lipinski definition) is 3. The van der Waals surface area contributed by atoms with Crippen LogP contribution in [0, 0.1) is 11.8 Å². The van der Waals surface area contributed by atoms with Gasteiger partial charge in [-0.3, -0.25) is 14.4 Å². The van der Waals surface area contributed by atoms with Crippen molar-refractivity contribution >= 4 is 17.8 Å². The number of carboxylic acids is 1. The molecule has 0 heterocycles. The Morgan fingerprint density at radius 1 is 1.32 bits per heavy atom. The van der Waals surface area contributed by atoms with Crippen LogP contribution in [0.2, 0.25) is 0 Å². The van der Waals surface area contributed by atoms with Crippen molar-refractivity contribution in [3.05, 3.63) is 35.4 Å². The molecule has 6 nitrogen and oxygen atoms in total. The third kappa shape index (κ3) is 3.09. The Kier molecular flexibility index (Phi) is 3.50. The smallest absolute Gasteiger partial charge is 0.307 e. The Balaban J connectivity index is 1.89. The maximum atomic E-state index is 11.6. The summed E-state index contributed by atoms with van der Waals surface area (Å²) in [6.45, 7) is 0.253. The van der Waals surface area contributed by atoms with Crippen molar-refractivity contribution in [2.45, 2.75) is 13.0 Å². The fourth-order valence-electron chi connectivity index (χ4n) is 1.91. The average molecular weight is 262 g/mol. The topological polar surface area (TPSA) is 109 Å². The van der Waals surface area contributed by atoms with E-state index < -0.39 is 23.7 Å². The maximum absolute atomic E-state index is 11.6. The van der Waals surface area contributed by atoms with E-state index in [-0.39, 0.29) is 12.5 Å². The molecular weight excluding hydrogens is 248 g/mol. The normalized spacial score (nSPS) is 20.6. The molecule has 1 saturated carbocycles. The van der Waals surface area contributed by atoms with E-state index in [1.807, 2.05) is 0 Å². The minimum absolute atomic E-state index is 0.253. The highest BCUT2D eigenvalue weighted by Crippen LogP contribution is 2.38. The van der Waals surface area contributed by atoms with Gasteiger partial charge in [-0.1, -0.05) is 12.1 Å². The van der Waals surface area contributed by atoms with E-state index in [4.69, 9.17) is 10.8 Å². The number of amides is 2. The first-order valence-corrected chi connectivity index (χ1v) is 5.88. The molecule has 1 fully saturated rings. The molecule has 1 aromatic carbocycles. The standard InChI is InChI=1S/C13H14N2O4/c14-11(16)8-3-1-2-7(4-8)6-15-12(17)9-5-10(9)13(18)19/h1-4,9-10H,5-6H2,(H2,14,16)(H,15,17)(H,18,19). The minimum atomic E-state index is -0.934. The van der Waals surface area contributed by atoms with E-state index in [0.29, 0.717) is 12.0 Å². The first-order chi connectivity index (χ1) is 8.99. The highest BCUT2D eigenvalue weighted by Gasteiger charge is 2.48. The lowest BCUT2D eigenvalue weighted by Crippen LogP contribution is -2.26. The Morgan fingerprint density at radius 3 is 2.63 bits per heavy atom. The highest BCUT2D eigenvalue weighted by molar-refractivity contribution is 5.93. The Labute approximate surface area is 109 Å². The van der Waals surface area contributed by atoms with Gasteiger partial charge in [-0.2, -0.15) is 0 Å². The first kappa shape index (κ1) is 13.1. The van der Waals surface area contributed by atoms with Crippen molar-refractivity contribution in [2.75, 3.05) is 0 Å². The molecule has 0 spiro atoms. The van der Waals surface area contributed by atoms with E-state index in [2.05, 4.69) is 5.32 Å². The van der Waals surface area contributed by atoms with Crippen molar-refractivity contribution in [1.29, 1.82) is 0 Å². The van der Waals surface area contributed by atoms with E-state index in [9.17, 15) is 14.4 Å². The van der Waals surface area contributed by atoms with Crippen molar-refractivity contribution in [3.8, 4) is 0 Å². The van der Waals surface area contributed by atoms with Crippen molar-refractivity contribution in [1.82, 2.24) is 5.32 Å². The summed E-state index contributed by atoms with van der Waals surface area (Å²) in [7, 11) is 0. The van der Waals surface area contributed by atoms with Gasteiger partial charge in [-0.25, -0.2) is 0 Å². The van der Waals surface area contributed by atoms with Crippen LogP contribution >= 0.6 is 0 Å². The molecule has 1 aliphatic rings. The monoisotopic (exact) mass is 262 g/mol. The molecule has 2 unspecified atom stereocenters. The number of carbonyl (C=O) groups excluding carboxylic acids is 2. The zero-order valence-corrected chi connectivity index (χ0v) is 10.1. The van der Waals surface area contributed by atoms with E-state index in [1.54, 1.807) is 24.3 Å². The second-order valence-electron chi connectivity index (χ2n) is 4.57. The molecule has 0 saturated heterocycles. The summed E-state index contributed by atoms with van der Waals surface area (Å²) in [5, 5.41) is 11.4. The molecule has 100 valence electrons. The molecule has 0 aromatic heterocycles. The number of hydrogen-bond donors (Lipinski definition) is 3. The van der Waals surface area contributed by atoms with Crippen molar-refractivity contribution in [2.24, 2.45) is 17.6 Å². The van der Waals surface area contributed by atoms with Crippen LogP contribution in [0.1, 0.15) is 22.3 Å². The molecule has 0 bridgehead atoms. The zero-order valence-electron chi connectivity index (χ0n) is 10.1. The van der Waals surface area contributed by atoms with Crippen molar-refractivity contribution < 1.29 is 19.5 Å². The number of carbonyl (C=O) groups is 3. The molecule has 2 atom stereocenters. The zero-order chi connectivity index (χ0) is 14.0. The van der Waals surface area contributed by atoms with Gasteiger partial charge < -0.3 is 16.2 Å². The quantitative estimate of drug-likeness (QED) is 0.700. The van der Waals surface area contributed by atoms with Gasteiger partial charge >= 0.3 is 5.97 Å². The molecular formula is C13H14N2O4. The molecule has 1 aliphatic carbocycles. The molecule has 6 heteroatoms. The predicted octanol–water partition coefficient (Wildman–Crippen LogP) is 0.122. The highest BCUT2D eigenvalue weighted by atomic mass is 16.4. The van der Waals surface area contributed by atoms with Crippen LogP contribution in [0.4, 0.5) is 0 Å². The Hall–Kier alpha value is -2.37. The Bertz CT molecular complexity index is 541. The summed E-state index contributed by atoms with van der Waals surface area (Å²) in [6, 6.07) is 6.63. The third-order valence-corrected chi connectivity index (χ3v) is 3.12. The fourth-order valence-corrected chi connectivity index (χ4v) is 1.91. The van der Waals surface area contributed by atoms with Crippen LogP contribution in [0.25, 0.3) is 0 Å². The number of primary amides is 1. The molecule has 19 heavy (non-hydrogen) atoms. The van der Waals surface area contributed by atoms with Gasteiger partial charge in [0.15, 0.2) is 0 Å². The SMILES string of the molecule is NC(=O)c1cccc(CNC(=O)C2CC2C(=O)O)c1. The minimum Gasteiger partial charge on any atom is -0.481 e. The lowest BCUT2D eigenvalue weighted by atomic mass is 10.1. The lowest BCUT2D eigenvalue weighted by Gasteiger charge is -2.05. The number of benzene rings is 1. The van der Waals surface area contributed by atoms with Gasteiger partial charge in [0, 0.05) is 12.1 Å². The summed E-state index contributed by atoms with van der Waals surface area (Å²) in [4.78, 5) is 33.3. The summed E-state index contributed by atoms with van der Waals surface area (Å²) >= 11 is 0. The summed E-state index contributed by atoms with van der Waals surface area (Å²) in [5.74, 6) is -2.72. The molecule has 0 aliphatic heterocycles. The summed E-state index contributed by atoms with van der Waals surface area (Å²) in [6.07, 6.45) is 0.391. The predicted molar refractivity (Wildman–Crippen MR) is 66.0 cm³/mol. The third-order valence-electron chi connectivity index (χ3n) is 3.12. The van der Waals surface area contributed by atoms with Crippen LogP contribution in [-0.2, 0) is 16.1 Å². The van der Waals surface area contributed by atoms with E-state index >= 15 is 0 Å². The number of nitrogens with two attached hydrogens (primary N) is 1. The van der Waals surface area contributed by atoms with Crippen LogP contribution in [0.15, 0.2) is 24.3 Å². The van der Waals surface area contributed by atoms with E-state index in [0.717, 1.165) is 5.56 Å².